The van der Waals surface area contributed by atoms with Crippen molar-refractivity contribution in [1.82, 2.24) is 10.2 Å². The van der Waals surface area contributed by atoms with Gasteiger partial charge in [-0.2, -0.15) is 0 Å². The van der Waals surface area contributed by atoms with E-state index < -0.39 is 10.0 Å². The number of sulfonamides is 1. The highest BCUT2D eigenvalue weighted by molar-refractivity contribution is 7.92. The molecule has 2 N–H and O–H groups in total. The molecule has 1 fully saturated rings. The Morgan fingerprint density at radius 2 is 1.86 bits per heavy atom. The van der Waals surface area contributed by atoms with Crippen LogP contribution in [0.4, 0.5) is 5.69 Å². The first kappa shape index (κ1) is 20.6. The maximum Gasteiger partial charge on any atom is 0.253 e. The van der Waals surface area contributed by atoms with Crippen LogP contribution < -0.4 is 10.0 Å². The van der Waals surface area contributed by atoms with Crippen LogP contribution in [0.15, 0.2) is 48.5 Å². The smallest absolute Gasteiger partial charge is 0.253 e. The Balaban J connectivity index is 1.77. The van der Waals surface area contributed by atoms with Crippen LogP contribution >= 0.6 is 11.6 Å². The van der Waals surface area contributed by atoms with E-state index in [-0.39, 0.29) is 17.6 Å². The monoisotopic (exact) mass is 421 g/mol. The van der Waals surface area contributed by atoms with Crippen LogP contribution in [-0.4, -0.2) is 45.1 Å². The zero-order valence-corrected chi connectivity index (χ0v) is 17.3. The van der Waals surface area contributed by atoms with E-state index in [1.54, 1.807) is 24.3 Å². The fraction of sp³-hybridized carbons (Fsp3) is 0.350. The summed E-state index contributed by atoms with van der Waals surface area (Å²) in [6, 6.07) is 14.3. The predicted octanol–water partition coefficient (Wildman–Crippen LogP) is 3.28. The van der Waals surface area contributed by atoms with Crippen molar-refractivity contribution in [1.29, 1.82) is 0 Å². The highest BCUT2D eigenvalue weighted by Crippen LogP contribution is 2.27. The summed E-state index contributed by atoms with van der Waals surface area (Å²) >= 11 is 6.17. The third kappa shape index (κ3) is 5.47. The van der Waals surface area contributed by atoms with Gasteiger partial charge in [-0.05, 0) is 55.8 Å². The number of hydrogen-bond donors (Lipinski definition) is 2. The fourth-order valence-corrected chi connectivity index (χ4v) is 4.26. The number of hydrogen-bond acceptors (Lipinski definition) is 4. The highest BCUT2D eigenvalue weighted by Gasteiger charge is 2.25. The number of carbonyl (C=O) groups excluding carboxylic acids is 1. The molecule has 0 saturated carbocycles. The van der Waals surface area contributed by atoms with Gasteiger partial charge in [0.1, 0.15) is 0 Å². The van der Waals surface area contributed by atoms with Crippen molar-refractivity contribution < 1.29 is 13.2 Å². The second-order valence-corrected chi connectivity index (χ2v) is 9.13. The van der Waals surface area contributed by atoms with Gasteiger partial charge in [0, 0.05) is 11.6 Å². The number of carbonyl (C=O) groups is 1. The van der Waals surface area contributed by atoms with E-state index in [1.165, 1.54) is 0 Å². The summed E-state index contributed by atoms with van der Waals surface area (Å²) in [7, 11) is -3.48. The Morgan fingerprint density at radius 1 is 1.14 bits per heavy atom. The normalized spacial score (nSPS) is 15.9. The fourth-order valence-electron chi connectivity index (χ4n) is 3.48. The summed E-state index contributed by atoms with van der Waals surface area (Å²) in [5.74, 6) is -0.321. The first-order chi connectivity index (χ1) is 13.3. The van der Waals surface area contributed by atoms with E-state index >= 15 is 0 Å². The standard InChI is InChI=1S/C20H24ClN3O3S/c1-28(26,27)23-18-10-3-2-9-17(18)20(25)22-14-19(24-11-4-5-12-24)15-7-6-8-16(21)13-15/h2-3,6-10,13,19,23H,4-5,11-12,14H2,1H3,(H,22,25). The number of likely N-dealkylation sites (tertiary alicyclic amines) is 1. The van der Waals surface area contributed by atoms with Crippen molar-refractivity contribution in [2.45, 2.75) is 18.9 Å². The van der Waals surface area contributed by atoms with Crippen molar-refractivity contribution >= 4 is 33.2 Å². The van der Waals surface area contributed by atoms with E-state index in [4.69, 9.17) is 11.6 Å². The Hall–Kier alpha value is -2.09. The number of halogens is 1. The minimum absolute atomic E-state index is 0.0141. The SMILES string of the molecule is CS(=O)(=O)Nc1ccccc1C(=O)NCC(c1cccc(Cl)c1)N1CCCC1. The maximum atomic E-state index is 12.8. The van der Waals surface area contributed by atoms with Gasteiger partial charge in [0.15, 0.2) is 0 Å². The van der Waals surface area contributed by atoms with Gasteiger partial charge >= 0.3 is 0 Å². The summed E-state index contributed by atoms with van der Waals surface area (Å²) in [4.78, 5) is 15.1. The molecule has 1 aliphatic rings. The van der Waals surface area contributed by atoms with Crippen molar-refractivity contribution in [2.24, 2.45) is 0 Å². The Bertz CT molecular complexity index is 943. The van der Waals surface area contributed by atoms with Crippen molar-refractivity contribution in [2.75, 3.05) is 30.6 Å². The van der Waals surface area contributed by atoms with E-state index in [1.807, 2.05) is 24.3 Å². The third-order valence-corrected chi connectivity index (χ3v) is 5.56. The van der Waals surface area contributed by atoms with Crippen LogP contribution in [0, 0.1) is 0 Å². The summed E-state index contributed by atoms with van der Waals surface area (Å²) in [5.41, 5.74) is 1.61. The topological polar surface area (TPSA) is 78.5 Å². The maximum absolute atomic E-state index is 12.8. The number of anilines is 1. The van der Waals surface area contributed by atoms with Crippen LogP contribution in [0.3, 0.4) is 0 Å². The summed E-state index contributed by atoms with van der Waals surface area (Å²) in [5, 5.41) is 3.62. The molecule has 0 aromatic heterocycles. The zero-order chi connectivity index (χ0) is 20.1. The molecule has 2 aromatic carbocycles. The van der Waals surface area contributed by atoms with E-state index in [2.05, 4.69) is 14.9 Å². The largest absolute Gasteiger partial charge is 0.350 e. The molecule has 1 amide bonds. The second-order valence-electron chi connectivity index (χ2n) is 6.94. The van der Waals surface area contributed by atoms with Gasteiger partial charge in [-0.1, -0.05) is 35.9 Å². The summed E-state index contributed by atoms with van der Waals surface area (Å²) in [6.45, 7) is 2.35. The van der Waals surface area contributed by atoms with Gasteiger partial charge in [0.05, 0.1) is 23.5 Å². The number of rotatable bonds is 7. The van der Waals surface area contributed by atoms with Crippen molar-refractivity contribution in [3.63, 3.8) is 0 Å². The first-order valence-electron chi connectivity index (χ1n) is 9.18. The molecule has 1 saturated heterocycles. The minimum Gasteiger partial charge on any atom is -0.350 e. The Kier molecular flexibility index (Phi) is 6.59. The van der Waals surface area contributed by atoms with Crippen LogP contribution in [0.1, 0.15) is 34.8 Å². The molecule has 3 rings (SSSR count). The summed E-state index contributed by atoms with van der Waals surface area (Å²) < 4.78 is 25.5. The first-order valence-corrected chi connectivity index (χ1v) is 11.4. The average Bonchev–Trinajstić information content (AvgIpc) is 3.15. The molecule has 1 unspecified atom stereocenters. The molecule has 1 atom stereocenters. The van der Waals surface area contributed by atoms with Crippen LogP contribution in [0.2, 0.25) is 5.02 Å². The zero-order valence-electron chi connectivity index (χ0n) is 15.7. The molecule has 2 aromatic rings. The lowest BCUT2D eigenvalue weighted by Crippen LogP contribution is -2.37. The molecular formula is C20H24ClN3O3S. The molecule has 0 radical (unpaired) electrons. The number of nitrogens with zero attached hydrogens (tertiary/aromatic N) is 1. The van der Waals surface area contributed by atoms with Gasteiger partial charge in [0.25, 0.3) is 5.91 Å². The average molecular weight is 422 g/mol. The lowest BCUT2D eigenvalue weighted by molar-refractivity contribution is 0.0939. The molecular weight excluding hydrogens is 398 g/mol. The molecule has 28 heavy (non-hydrogen) atoms. The Labute approximate surface area is 170 Å². The molecule has 150 valence electrons. The third-order valence-electron chi connectivity index (χ3n) is 4.74. The number of amides is 1. The molecule has 8 heteroatoms. The van der Waals surface area contributed by atoms with Crippen molar-refractivity contribution in [3.8, 4) is 0 Å². The van der Waals surface area contributed by atoms with Crippen LogP contribution in [0.25, 0.3) is 0 Å². The van der Waals surface area contributed by atoms with Crippen LogP contribution in [0.5, 0.6) is 0 Å². The molecule has 1 aliphatic heterocycles. The van der Waals surface area contributed by atoms with Crippen molar-refractivity contribution in [3.05, 3.63) is 64.7 Å². The van der Waals surface area contributed by atoms with E-state index in [9.17, 15) is 13.2 Å². The second kappa shape index (κ2) is 8.94. The Morgan fingerprint density at radius 3 is 2.54 bits per heavy atom. The highest BCUT2D eigenvalue weighted by atomic mass is 35.5. The number of nitrogens with one attached hydrogen (secondary N) is 2. The summed E-state index contributed by atoms with van der Waals surface area (Å²) in [6.07, 6.45) is 3.32. The quantitative estimate of drug-likeness (QED) is 0.719. The van der Waals surface area contributed by atoms with Gasteiger partial charge in [-0.3, -0.25) is 14.4 Å². The molecule has 6 nitrogen and oxygen atoms in total. The van der Waals surface area contributed by atoms with Gasteiger partial charge in [-0.15, -0.1) is 0 Å². The van der Waals surface area contributed by atoms with Gasteiger partial charge < -0.3 is 5.32 Å². The lowest BCUT2D eigenvalue weighted by Gasteiger charge is -2.28. The molecule has 0 aliphatic carbocycles. The molecule has 1 heterocycles. The number of benzene rings is 2. The number of para-hydroxylation sites is 1. The van der Waals surface area contributed by atoms with Gasteiger partial charge in [0.2, 0.25) is 10.0 Å². The molecule has 0 bridgehead atoms. The predicted molar refractivity (Wildman–Crippen MR) is 112 cm³/mol. The van der Waals surface area contributed by atoms with E-state index in [0.29, 0.717) is 17.1 Å². The lowest BCUT2D eigenvalue weighted by atomic mass is 10.1. The van der Waals surface area contributed by atoms with Gasteiger partial charge in [-0.25, -0.2) is 8.42 Å². The minimum atomic E-state index is -3.48. The van der Waals surface area contributed by atoms with Crippen LogP contribution in [-0.2, 0) is 10.0 Å². The molecule has 0 spiro atoms. The van der Waals surface area contributed by atoms with E-state index in [0.717, 1.165) is 37.8 Å².